The van der Waals surface area contributed by atoms with Gasteiger partial charge in [-0.25, -0.2) is 14.8 Å². The van der Waals surface area contributed by atoms with Crippen molar-refractivity contribution < 1.29 is 14.3 Å². The fourth-order valence-corrected chi connectivity index (χ4v) is 5.14. The summed E-state index contributed by atoms with van der Waals surface area (Å²) in [4.78, 5) is 43.8. The largest absolute Gasteiger partial charge is 0.455 e. The maximum atomic E-state index is 12.6. The SMILES string of the molecule is O=C(OCc1cc(=O)n2c3c(sc2n1)CCCC3)C1=NN(c2ccccc2)C(=O)CC1. The minimum absolute atomic E-state index is 0.120. The number of carbonyl (C=O) groups is 2. The predicted molar refractivity (Wildman–Crippen MR) is 116 cm³/mol. The van der Waals surface area contributed by atoms with E-state index in [1.165, 1.54) is 27.3 Å². The van der Waals surface area contributed by atoms with E-state index in [1.807, 2.05) is 6.07 Å². The van der Waals surface area contributed by atoms with Gasteiger partial charge in [0.25, 0.3) is 5.56 Å². The third kappa shape index (κ3) is 3.76. The second-order valence-corrected chi connectivity index (χ2v) is 8.61. The van der Waals surface area contributed by atoms with Crippen molar-refractivity contribution in [1.29, 1.82) is 0 Å². The van der Waals surface area contributed by atoms with Gasteiger partial charge in [-0.1, -0.05) is 18.2 Å². The fraction of sp³-hybridized carbons (Fsp3) is 0.318. The van der Waals surface area contributed by atoms with Crippen LogP contribution >= 0.6 is 11.3 Å². The van der Waals surface area contributed by atoms with Crippen molar-refractivity contribution in [2.24, 2.45) is 5.10 Å². The summed E-state index contributed by atoms with van der Waals surface area (Å²) in [6, 6.07) is 10.4. The van der Waals surface area contributed by atoms with E-state index in [0.29, 0.717) is 16.3 Å². The van der Waals surface area contributed by atoms with E-state index < -0.39 is 5.97 Å². The summed E-state index contributed by atoms with van der Waals surface area (Å²) in [5, 5.41) is 5.43. The van der Waals surface area contributed by atoms with Crippen LogP contribution in [0.2, 0.25) is 0 Å². The van der Waals surface area contributed by atoms with Crippen molar-refractivity contribution in [3.05, 3.63) is 63.0 Å². The zero-order valence-corrected chi connectivity index (χ0v) is 17.6. The summed E-state index contributed by atoms with van der Waals surface area (Å²) in [6.07, 6.45) is 4.47. The molecule has 1 aliphatic heterocycles. The van der Waals surface area contributed by atoms with E-state index in [1.54, 1.807) is 28.7 Å². The van der Waals surface area contributed by atoms with Crippen molar-refractivity contribution in [3.8, 4) is 0 Å². The number of rotatable bonds is 4. The molecular formula is C22H20N4O4S. The minimum atomic E-state index is -0.610. The molecule has 0 spiro atoms. The van der Waals surface area contributed by atoms with Crippen LogP contribution in [0.15, 0.2) is 46.3 Å². The molecule has 31 heavy (non-hydrogen) atoms. The maximum absolute atomic E-state index is 12.6. The molecule has 1 aliphatic carbocycles. The van der Waals surface area contributed by atoms with Crippen molar-refractivity contribution in [3.63, 3.8) is 0 Å². The number of carbonyl (C=O) groups excluding carboxylic acids is 2. The first-order chi connectivity index (χ1) is 15.1. The number of amides is 1. The second kappa shape index (κ2) is 8.07. The number of ether oxygens (including phenoxy) is 1. The molecule has 0 unspecified atom stereocenters. The van der Waals surface area contributed by atoms with Crippen molar-refractivity contribution in [1.82, 2.24) is 9.38 Å². The van der Waals surface area contributed by atoms with Gasteiger partial charge in [0.15, 0.2) is 4.96 Å². The standard InChI is InChI=1S/C22H20N4O4S/c27-19-11-10-16(24-26(19)15-6-2-1-3-7-15)21(29)30-13-14-12-20(28)25-17-8-4-5-9-18(17)31-22(25)23-14/h1-3,6-7,12H,4-5,8-11,13H2. The van der Waals surface area contributed by atoms with Gasteiger partial charge in [0.1, 0.15) is 12.3 Å². The van der Waals surface area contributed by atoms with Gasteiger partial charge in [-0.15, -0.1) is 11.3 Å². The smallest absolute Gasteiger partial charge is 0.354 e. The lowest BCUT2D eigenvalue weighted by atomic mass is 10.0. The summed E-state index contributed by atoms with van der Waals surface area (Å²) in [7, 11) is 0. The van der Waals surface area contributed by atoms with Gasteiger partial charge in [0.2, 0.25) is 5.91 Å². The molecule has 0 saturated heterocycles. The Balaban J connectivity index is 1.34. The van der Waals surface area contributed by atoms with E-state index in [0.717, 1.165) is 31.4 Å². The number of thiazole rings is 1. The fourth-order valence-electron chi connectivity index (χ4n) is 3.91. The number of nitrogens with zero attached hydrogens (tertiary/aromatic N) is 4. The molecule has 0 N–H and O–H groups in total. The molecule has 0 saturated carbocycles. The van der Waals surface area contributed by atoms with Crippen LogP contribution in [0, 0.1) is 0 Å². The molecule has 1 aromatic carbocycles. The number of hydrogen-bond acceptors (Lipinski definition) is 7. The lowest BCUT2D eigenvalue weighted by molar-refractivity contribution is -0.137. The van der Waals surface area contributed by atoms with Crippen LogP contribution in [-0.2, 0) is 33.8 Å². The molecule has 3 aromatic rings. The van der Waals surface area contributed by atoms with Crippen LogP contribution in [0.4, 0.5) is 5.69 Å². The number of aromatic nitrogens is 2. The molecular weight excluding hydrogens is 416 g/mol. The Morgan fingerprint density at radius 1 is 1.06 bits per heavy atom. The number of fused-ring (bicyclic) bond motifs is 3. The predicted octanol–water partition coefficient (Wildman–Crippen LogP) is 2.86. The Kier molecular flexibility index (Phi) is 5.11. The first-order valence-corrected chi connectivity index (χ1v) is 11.1. The summed E-state index contributed by atoms with van der Waals surface area (Å²) in [5.74, 6) is -0.787. The molecule has 2 aromatic heterocycles. The zero-order chi connectivity index (χ0) is 21.4. The monoisotopic (exact) mass is 436 g/mol. The van der Waals surface area contributed by atoms with Crippen LogP contribution in [0.1, 0.15) is 41.9 Å². The third-order valence-electron chi connectivity index (χ3n) is 5.43. The average Bonchev–Trinajstić information content (AvgIpc) is 3.17. The first-order valence-electron chi connectivity index (χ1n) is 10.3. The number of para-hydroxylation sites is 1. The van der Waals surface area contributed by atoms with Crippen molar-refractivity contribution in [2.45, 2.75) is 45.1 Å². The molecule has 0 radical (unpaired) electrons. The number of anilines is 1. The molecule has 8 nitrogen and oxygen atoms in total. The molecule has 0 bridgehead atoms. The Morgan fingerprint density at radius 3 is 2.71 bits per heavy atom. The number of esters is 1. The number of aryl methyl sites for hydroxylation is 2. The van der Waals surface area contributed by atoms with Gasteiger partial charge >= 0.3 is 5.97 Å². The van der Waals surface area contributed by atoms with E-state index in [4.69, 9.17) is 4.74 Å². The number of hydrogen-bond donors (Lipinski definition) is 0. The van der Waals surface area contributed by atoms with E-state index in [-0.39, 0.29) is 36.6 Å². The topological polar surface area (TPSA) is 93.3 Å². The lowest BCUT2D eigenvalue weighted by Crippen LogP contribution is -2.35. The van der Waals surface area contributed by atoms with Gasteiger partial charge < -0.3 is 4.74 Å². The minimum Gasteiger partial charge on any atom is -0.455 e. The Labute approximate surface area is 181 Å². The highest BCUT2D eigenvalue weighted by Gasteiger charge is 2.26. The summed E-state index contributed by atoms with van der Waals surface area (Å²) < 4.78 is 7.06. The van der Waals surface area contributed by atoms with Gasteiger partial charge in [0.05, 0.1) is 11.4 Å². The first kappa shape index (κ1) is 19.6. The third-order valence-corrected chi connectivity index (χ3v) is 6.58. The average molecular weight is 436 g/mol. The second-order valence-electron chi connectivity index (χ2n) is 7.55. The van der Waals surface area contributed by atoms with Gasteiger partial charge in [-0.05, 0) is 37.8 Å². The van der Waals surface area contributed by atoms with Crippen LogP contribution in [-0.4, -0.2) is 27.0 Å². The van der Waals surface area contributed by atoms with E-state index >= 15 is 0 Å². The molecule has 158 valence electrons. The molecule has 0 atom stereocenters. The highest BCUT2D eigenvalue weighted by molar-refractivity contribution is 7.17. The van der Waals surface area contributed by atoms with Crippen LogP contribution < -0.4 is 10.6 Å². The van der Waals surface area contributed by atoms with Gasteiger partial charge in [-0.2, -0.15) is 5.10 Å². The lowest BCUT2D eigenvalue weighted by Gasteiger charge is -2.22. The highest BCUT2D eigenvalue weighted by Crippen LogP contribution is 2.28. The molecule has 9 heteroatoms. The van der Waals surface area contributed by atoms with Crippen molar-refractivity contribution >= 4 is 39.6 Å². The van der Waals surface area contributed by atoms with E-state index in [2.05, 4.69) is 10.1 Å². The van der Waals surface area contributed by atoms with E-state index in [9.17, 15) is 14.4 Å². The maximum Gasteiger partial charge on any atom is 0.354 e. The van der Waals surface area contributed by atoms with Crippen LogP contribution in [0.25, 0.3) is 4.96 Å². The molecule has 1 amide bonds. The van der Waals surface area contributed by atoms with Gasteiger partial charge in [-0.3, -0.25) is 14.0 Å². The van der Waals surface area contributed by atoms with Crippen LogP contribution in [0.5, 0.6) is 0 Å². The Hall–Kier alpha value is -3.33. The Bertz CT molecular complexity index is 1260. The van der Waals surface area contributed by atoms with Gasteiger partial charge in [0, 0.05) is 29.5 Å². The quantitative estimate of drug-likeness (QED) is 0.587. The summed E-state index contributed by atoms with van der Waals surface area (Å²) >= 11 is 1.53. The molecule has 3 heterocycles. The zero-order valence-electron chi connectivity index (χ0n) is 16.7. The highest BCUT2D eigenvalue weighted by atomic mass is 32.1. The van der Waals surface area contributed by atoms with Crippen LogP contribution in [0.3, 0.4) is 0 Å². The molecule has 5 rings (SSSR count). The number of hydrazone groups is 1. The number of benzene rings is 1. The Morgan fingerprint density at radius 2 is 1.87 bits per heavy atom. The molecule has 2 aliphatic rings. The van der Waals surface area contributed by atoms with Crippen molar-refractivity contribution in [2.75, 3.05) is 5.01 Å². The summed E-state index contributed by atoms with van der Waals surface area (Å²) in [6.45, 7) is -0.120. The molecule has 0 fully saturated rings. The normalized spacial score (nSPS) is 16.2. The summed E-state index contributed by atoms with van der Waals surface area (Å²) in [5.41, 5.74) is 2.09.